The molecule has 0 atom stereocenters. The molecule has 2 rings (SSSR count). The van der Waals surface area contributed by atoms with Gasteiger partial charge in [-0.2, -0.15) is 0 Å². The predicted octanol–water partition coefficient (Wildman–Crippen LogP) is 2.08. The zero-order valence-corrected chi connectivity index (χ0v) is 12.9. The molecular formula is C13H15N5O3S. The SMILES string of the molecule is CC(C)c1nnc(CNC(=O)c2ccc(N)c([N+](=O)[O-])c2)s1. The molecule has 0 aliphatic heterocycles. The average Bonchev–Trinajstić information content (AvgIpc) is 2.94. The third-order valence-corrected chi connectivity index (χ3v) is 4.09. The minimum Gasteiger partial charge on any atom is -0.393 e. The molecule has 2 aromatic rings. The highest BCUT2D eigenvalue weighted by Gasteiger charge is 2.16. The van der Waals surface area contributed by atoms with Crippen LogP contribution in [0.15, 0.2) is 18.2 Å². The van der Waals surface area contributed by atoms with Crippen molar-refractivity contribution in [3.63, 3.8) is 0 Å². The highest BCUT2D eigenvalue weighted by Crippen LogP contribution is 2.22. The summed E-state index contributed by atoms with van der Waals surface area (Å²) in [7, 11) is 0. The largest absolute Gasteiger partial charge is 0.393 e. The fraction of sp³-hybridized carbons (Fsp3) is 0.308. The molecule has 0 unspecified atom stereocenters. The highest BCUT2D eigenvalue weighted by molar-refractivity contribution is 7.11. The minimum absolute atomic E-state index is 0.0206. The molecule has 8 nitrogen and oxygen atoms in total. The van der Waals surface area contributed by atoms with Gasteiger partial charge in [-0.1, -0.05) is 25.2 Å². The number of nitrogens with two attached hydrogens (primary N) is 1. The number of nitrogen functional groups attached to an aromatic ring is 1. The Morgan fingerprint density at radius 3 is 2.77 bits per heavy atom. The summed E-state index contributed by atoms with van der Waals surface area (Å²) in [6.07, 6.45) is 0. The Bertz CT molecular complexity index is 713. The van der Waals surface area contributed by atoms with E-state index < -0.39 is 10.8 Å². The number of amides is 1. The van der Waals surface area contributed by atoms with Crippen LogP contribution in [-0.4, -0.2) is 21.0 Å². The van der Waals surface area contributed by atoms with Crippen LogP contribution in [-0.2, 0) is 6.54 Å². The number of carbonyl (C=O) groups is 1. The van der Waals surface area contributed by atoms with Gasteiger partial charge in [0.1, 0.15) is 15.7 Å². The van der Waals surface area contributed by atoms with Crippen molar-refractivity contribution in [2.75, 3.05) is 5.73 Å². The second-order valence-electron chi connectivity index (χ2n) is 4.90. The van der Waals surface area contributed by atoms with E-state index in [1.165, 1.54) is 23.5 Å². The molecule has 1 aromatic carbocycles. The summed E-state index contributed by atoms with van der Waals surface area (Å²) < 4.78 is 0. The third-order valence-electron chi connectivity index (χ3n) is 2.87. The monoisotopic (exact) mass is 321 g/mol. The van der Waals surface area contributed by atoms with Gasteiger partial charge < -0.3 is 11.1 Å². The molecule has 0 saturated carbocycles. The highest BCUT2D eigenvalue weighted by atomic mass is 32.1. The molecule has 0 radical (unpaired) electrons. The number of nitrogens with one attached hydrogen (secondary N) is 1. The van der Waals surface area contributed by atoms with Crippen LogP contribution in [0.3, 0.4) is 0 Å². The van der Waals surface area contributed by atoms with Crippen LogP contribution in [0.5, 0.6) is 0 Å². The number of hydrogen-bond acceptors (Lipinski definition) is 7. The fourth-order valence-electron chi connectivity index (χ4n) is 1.67. The summed E-state index contributed by atoms with van der Waals surface area (Å²) >= 11 is 1.42. The summed E-state index contributed by atoms with van der Waals surface area (Å²) in [5, 5.41) is 23.1. The van der Waals surface area contributed by atoms with Crippen molar-refractivity contribution in [2.45, 2.75) is 26.3 Å². The lowest BCUT2D eigenvalue weighted by atomic mass is 10.1. The molecule has 1 heterocycles. The smallest absolute Gasteiger partial charge is 0.292 e. The molecule has 9 heteroatoms. The summed E-state index contributed by atoms with van der Waals surface area (Å²) in [4.78, 5) is 22.2. The van der Waals surface area contributed by atoms with E-state index in [0.717, 1.165) is 11.1 Å². The van der Waals surface area contributed by atoms with Crippen molar-refractivity contribution in [2.24, 2.45) is 0 Å². The van der Waals surface area contributed by atoms with E-state index in [1.807, 2.05) is 13.8 Å². The summed E-state index contributed by atoms with van der Waals surface area (Å²) in [5.74, 6) is -0.147. The maximum absolute atomic E-state index is 12.0. The molecule has 3 N–H and O–H groups in total. The first-order chi connectivity index (χ1) is 10.4. The Balaban J connectivity index is 2.06. The number of rotatable bonds is 5. The fourth-order valence-corrected chi connectivity index (χ4v) is 2.46. The van der Waals surface area contributed by atoms with Crippen LogP contribution >= 0.6 is 11.3 Å². The molecule has 0 aliphatic carbocycles. The van der Waals surface area contributed by atoms with Crippen molar-refractivity contribution in [1.29, 1.82) is 0 Å². The molecule has 1 aromatic heterocycles. The maximum atomic E-state index is 12.0. The number of nitro benzene ring substituents is 1. The molecule has 0 spiro atoms. The van der Waals surface area contributed by atoms with Gasteiger partial charge in [-0.25, -0.2) is 0 Å². The number of aromatic nitrogens is 2. The number of nitrogens with zero attached hydrogens (tertiary/aromatic N) is 3. The second kappa shape index (κ2) is 6.48. The number of benzene rings is 1. The minimum atomic E-state index is -0.619. The van der Waals surface area contributed by atoms with Crippen LogP contribution in [0.2, 0.25) is 0 Å². The molecule has 22 heavy (non-hydrogen) atoms. The molecule has 1 amide bonds. The van der Waals surface area contributed by atoms with Gasteiger partial charge in [-0.3, -0.25) is 14.9 Å². The van der Waals surface area contributed by atoms with Gasteiger partial charge in [0, 0.05) is 17.5 Å². The van der Waals surface area contributed by atoms with Crippen molar-refractivity contribution in [3.05, 3.63) is 43.9 Å². The number of hydrogen-bond donors (Lipinski definition) is 2. The van der Waals surface area contributed by atoms with Gasteiger partial charge in [0.05, 0.1) is 11.5 Å². The summed E-state index contributed by atoms with van der Waals surface area (Å²) in [6.45, 7) is 4.24. The van der Waals surface area contributed by atoms with Crippen LogP contribution < -0.4 is 11.1 Å². The van der Waals surface area contributed by atoms with Gasteiger partial charge in [0.2, 0.25) is 0 Å². The van der Waals surface area contributed by atoms with Gasteiger partial charge in [0.15, 0.2) is 0 Å². The van der Waals surface area contributed by atoms with Gasteiger partial charge in [0.25, 0.3) is 11.6 Å². The van der Waals surface area contributed by atoms with Crippen molar-refractivity contribution in [1.82, 2.24) is 15.5 Å². The van der Waals surface area contributed by atoms with E-state index >= 15 is 0 Å². The standard InChI is InChI=1S/C13H15N5O3S/c1-7(2)13-17-16-11(22-13)6-15-12(19)8-3-4-9(14)10(5-8)18(20)21/h3-5,7H,6,14H2,1-2H3,(H,15,19). The first kappa shape index (κ1) is 15.8. The average molecular weight is 321 g/mol. The molecule has 116 valence electrons. The van der Waals surface area contributed by atoms with E-state index in [-0.39, 0.29) is 29.4 Å². The Kier molecular flexibility index (Phi) is 4.66. The Morgan fingerprint density at radius 1 is 1.45 bits per heavy atom. The molecule has 0 saturated heterocycles. The second-order valence-corrected chi connectivity index (χ2v) is 6.00. The normalized spacial score (nSPS) is 10.7. The molecule has 0 fully saturated rings. The van der Waals surface area contributed by atoms with E-state index in [2.05, 4.69) is 15.5 Å². The van der Waals surface area contributed by atoms with Crippen LogP contribution in [0.1, 0.15) is 40.1 Å². The summed E-state index contributed by atoms with van der Waals surface area (Å²) in [5.41, 5.74) is 5.41. The lowest BCUT2D eigenvalue weighted by Gasteiger charge is -2.04. The molecule has 0 aliphatic rings. The van der Waals surface area contributed by atoms with Crippen LogP contribution in [0, 0.1) is 10.1 Å². The maximum Gasteiger partial charge on any atom is 0.292 e. The lowest BCUT2D eigenvalue weighted by molar-refractivity contribution is -0.383. The Labute approximate surface area is 130 Å². The Morgan fingerprint density at radius 2 is 2.18 bits per heavy atom. The number of anilines is 1. The van der Waals surface area contributed by atoms with Crippen molar-refractivity contribution >= 4 is 28.6 Å². The first-order valence-corrected chi connectivity index (χ1v) is 7.34. The third kappa shape index (κ3) is 3.55. The van der Waals surface area contributed by atoms with Crippen molar-refractivity contribution < 1.29 is 9.72 Å². The van der Waals surface area contributed by atoms with E-state index in [0.29, 0.717) is 5.01 Å². The quantitative estimate of drug-likeness (QED) is 0.493. The van der Waals surface area contributed by atoms with E-state index in [9.17, 15) is 14.9 Å². The van der Waals surface area contributed by atoms with E-state index in [1.54, 1.807) is 0 Å². The molecular weight excluding hydrogens is 306 g/mol. The number of carbonyl (C=O) groups excluding carboxylic acids is 1. The van der Waals surface area contributed by atoms with Gasteiger partial charge in [-0.05, 0) is 12.1 Å². The zero-order valence-electron chi connectivity index (χ0n) is 12.1. The predicted molar refractivity (Wildman–Crippen MR) is 82.7 cm³/mol. The Hall–Kier alpha value is -2.55. The van der Waals surface area contributed by atoms with Crippen LogP contribution in [0.25, 0.3) is 0 Å². The topological polar surface area (TPSA) is 124 Å². The van der Waals surface area contributed by atoms with Crippen molar-refractivity contribution in [3.8, 4) is 0 Å². The lowest BCUT2D eigenvalue weighted by Crippen LogP contribution is -2.22. The first-order valence-electron chi connectivity index (χ1n) is 6.53. The molecule has 0 bridgehead atoms. The number of nitro groups is 1. The van der Waals surface area contributed by atoms with Crippen LogP contribution in [0.4, 0.5) is 11.4 Å². The van der Waals surface area contributed by atoms with Gasteiger partial charge in [-0.15, -0.1) is 10.2 Å². The van der Waals surface area contributed by atoms with Gasteiger partial charge >= 0.3 is 0 Å². The van der Waals surface area contributed by atoms with E-state index in [4.69, 9.17) is 5.73 Å². The zero-order chi connectivity index (χ0) is 16.3. The summed E-state index contributed by atoms with van der Waals surface area (Å²) in [6, 6.07) is 3.94.